The summed E-state index contributed by atoms with van der Waals surface area (Å²) in [7, 11) is 3.59. The molecule has 2 aromatic carbocycles. The average Bonchev–Trinajstić information content (AvgIpc) is 3.07. The third-order valence-corrected chi connectivity index (χ3v) is 3.90. The van der Waals surface area contributed by atoms with Crippen molar-refractivity contribution >= 4 is 17.9 Å². The number of carboxylic acids is 2. The number of carboxylic acid groups (broad SMARTS) is 2. The van der Waals surface area contributed by atoms with E-state index in [4.69, 9.17) is 24.5 Å². The Labute approximate surface area is 166 Å². The van der Waals surface area contributed by atoms with Gasteiger partial charge in [0.05, 0.1) is 19.0 Å². The molecule has 9 heteroatoms. The summed E-state index contributed by atoms with van der Waals surface area (Å²) < 4.78 is 20.3. The van der Waals surface area contributed by atoms with Crippen molar-refractivity contribution in [3.05, 3.63) is 66.1 Å². The van der Waals surface area contributed by atoms with E-state index >= 15 is 0 Å². The first-order chi connectivity index (χ1) is 13.8. The summed E-state index contributed by atoms with van der Waals surface area (Å²) in [5.41, 5.74) is 2.92. The minimum Gasteiger partial charge on any atom is -0.497 e. The van der Waals surface area contributed by atoms with Gasteiger partial charge in [-0.05, 0) is 42.0 Å². The standard InChI is InChI=1S/C18H18FN3O.C2H2O4/c1-22-17(14-6-8-16(23-2)9-7-14)12-21-18(22)20-11-13-4-3-5-15(19)10-13;3-1(4)2(5)6/h3-10,12H,11H2,1-2H3,(H,20,21);(H,3,4)(H,5,6). The van der Waals surface area contributed by atoms with Crippen molar-refractivity contribution in [3.63, 3.8) is 0 Å². The molecule has 0 spiro atoms. The number of imidazole rings is 1. The van der Waals surface area contributed by atoms with Crippen molar-refractivity contribution in [2.24, 2.45) is 7.05 Å². The Morgan fingerprint density at radius 1 is 1.14 bits per heavy atom. The molecule has 0 aliphatic heterocycles. The van der Waals surface area contributed by atoms with Gasteiger partial charge in [-0.25, -0.2) is 19.0 Å². The SMILES string of the molecule is COc1ccc(-c2cnc(NCc3cccc(F)c3)n2C)cc1.O=C(O)C(=O)O. The second-order valence-corrected chi connectivity index (χ2v) is 5.85. The Bertz CT molecular complexity index is 974. The van der Waals surface area contributed by atoms with Gasteiger partial charge in [-0.1, -0.05) is 12.1 Å². The second-order valence-electron chi connectivity index (χ2n) is 5.85. The first kappa shape index (κ1) is 21.4. The molecule has 0 saturated heterocycles. The number of methoxy groups -OCH3 is 1. The van der Waals surface area contributed by atoms with Gasteiger partial charge in [-0.2, -0.15) is 0 Å². The maximum atomic E-state index is 13.2. The van der Waals surface area contributed by atoms with Gasteiger partial charge in [0.2, 0.25) is 5.95 Å². The van der Waals surface area contributed by atoms with E-state index in [0.717, 1.165) is 28.5 Å². The molecule has 8 nitrogen and oxygen atoms in total. The summed E-state index contributed by atoms with van der Waals surface area (Å²) in [6.07, 6.45) is 1.82. The van der Waals surface area contributed by atoms with Crippen LogP contribution < -0.4 is 10.1 Å². The highest BCUT2D eigenvalue weighted by molar-refractivity contribution is 6.27. The van der Waals surface area contributed by atoms with E-state index in [-0.39, 0.29) is 5.82 Å². The fourth-order valence-electron chi connectivity index (χ4n) is 2.43. The fraction of sp³-hybridized carbons (Fsp3) is 0.150. The van der Waals surface area contributed by atoms with Crippen LogP contribution in [0.3, 0.4) is 0 Å². The quantitative estimate of drug-likeness (QED) is 0.563. The van der Waals surface area contributed by atoms with Crippen molar-refractivity contribution < 1.29 is 28.9 Å². The topological polar surface area (TPSA) is 114 Å². The first-order valence-electron chi connectivity index (χ1n) is 8.42. The number of hydrogen-bond donors (Lipinski definition) is 3. The molecule has 0 radical (unpaired) electrons. The molecule has 1 aromatic heterocycles. The first-order valence-corrected chi connectivity index (χ1v) is 8.42. The smallest absolute Gasteiger partial charge is 0.414 e. The van der Waals surface area contributed by atoms with Crippen LogP contribution in [0.1, 0.15) is 5.56 Å². The van der Waals surface area contributed by atoms with E-state index in [1.165, 1.54) is 12.1 Å². The van der Waals surface area contributed by atoms with Crippen LogP contribution in [0.5, 0.6) is 5.75 Å². The van der Waals surface area contributed by atoms with E-state index in [2.05, 4.69) is 10.3 Å². The Hall–Kier alpha value is -3.88. The maximum Gasteiger partial charge on any atom is 0.414 e. The number of hydrogen-bond acceptors (Lipinski definition) is 5. The molecule has 1 heterocycles. The molecular formula is C20H20FN3O5. The van der Waals surface area contributed by atoms with Gasteiger partial charge in [-0.15, -0.1) is 0 Å². The van der Waals surface area contributed by atoms with E-state index in [1.54, 1.807) is 13.2 Å². The van der Waals surface area contributed by atoms with Crippen molar-refractivity contribution in [1.82, 2.24) is 9.55 Å². The molecule has 0 fully saturated rings. The lowest BCUT2D eigenvalue weighted by atomic mass is 10.1. The number of rotatable bonds is 5. The summed E-state index contributed by atoms with van der Waals surface area (Å²) in [6.45, 7) is 0.519. The Morgan fingerprint density at radius 2 is 1.79 bits per heavy atom. The normalized spacial score (nSPS) is 9.90. The van der Waals surface area contributed by atoms with E-state index in [1.807, 2.05) is 48.1 Å². The zero-order chi connectivity index (χ0) is 21.4. The van der Waals surface area contributed by atoms with Crippen molar-refractivity contribution in [2.75, 3.05) is 12.4 Å². The number of nitrogens with one attached hydrogen (secondary N) is 1. The largest absolute Gasteiger partial charge is 0.497 e. The van der Waals surface area contributed by atoms with E-state index in [9.17, 15) is 4.39 Å². The highest BCUT2D eigenvalue weighted by Gasteiger charge is 2.08. The van der Waals surface area contributed by atoms with Crippen LogP contribution in [0.2, 0.25) is 0 Å². The third kappa shape index (κ3) is 6.06. The van der Waals surface area contributed by atoms with E-state index in [0.29, 0.717) is 6.54 Å². The molecule has 3 rings (SSSR count). The predicted octanol–water partition coefficient (Wildman–Crippen LogP) is 3.00. The van der Waals surface area contributed by atoms with Crippen LogP contribution >= 0.6 is 0 Å². The molecule has 152 valence electrons. The van der Waals surface area contributed by atoms with Crippen LogP contribution in [-0.4, -0.2) is 38.8 Å². The zero-order valence-corrected chi connectivity index (χ0v) is 15.8. The van der Waals surface area contributed by atoms with Crippen LogP contribution in [0.25, 0.3) is 11.3 Å². The molecule has 3 N–H and O–H groups in total. The number of aliphatic carboxylic acids is 2. The van der Waals surface area contributed by atoms with Gasteiger partial charge >= 0.3 is 11.9 Å². The molecular weight excluding hydrogens is 381 g/mol. The van der Waals surface area contributed by atoms with E-state index < -0.39 is 11.9 Å². The summed E-state index contributed by atoms with van der Waals surface area (Å²) in [5, 5.41) is 18.0. The van der Waals surface area contributed by atoms with Gasteiger partial charge in [0.1, 0.15) is 11.6 Å². The predicted molar refractivity (Wildman–Crippen MR) is 104 cm³/mol. The van der Waals surface area contributed by atoms with Crippen molar-refractivity contribution in [2.45, 2.75) is 6.54 Å². The summed E-state index contributed by atoms with van der Waals surface area (Å²) in [6, 6.07) is 14.4. The molecule has 0 aliphatic rings. The second kappa shape index (κ2) is 9.88. The number of anilines is 1. The van der Waals surface area contributed by atoms with Crippen LogP contribution in [0.15, 0.2) is 54.7 Å². The molecule has 3 aromatic rings. The lowest BCUT2D eigenvalue weighted by molar-refractivity contribution is -0.159. The molecule has 29 heavy (non-hydrogen) atoms. The number of nitrogens with zero attached hydrogens (tertiary/aromatic N) is 2. The average molecular weight is 401 g/mol. The van der Waals surface area contributed by atoms with Gasteiger partial charge < -0.3 is 24.8 Å². The fourth-order valence-corrected chi connectivity index (χ4v) is 2.43. The van der Waals surface area contributed by atoms with Gasteiger partial charge in [0.25, 0.3) is 0 Å². The molecule has 0 saturated carbocycles. The number of halogens is 1. The summed E-state index contributed by atoms with van der Waals surface area (Å²) >= 11 is 0. The Kier molecular flexibility index (Phi) is 7.30. The summed E-state index contributed by atoms with van der Waals surface area (Å²) in [4.78, 5) is 22.6. The van der Waals surface area contributed by atoms with Crippen molar-refractivity contribution in [3.8, 4) is 17.0 Å². The highest BCUT2D eigenvalue weighted by Crippen LogP contribution is 2.24. The van der Waals surface area contributed by atoms with Gasteiger partial charge in [0, 0.05) is 19.2 Å². The van der Waals surface area contributed by atoms with Crippen molar-refractivity contribution in [1.29, 1.82) is 0 Å². The van der Waals surface area contributed by atoms with Crippen LogP contribution in [-0.2, 0) is 23.2 Å². The van der Waals surface area contributed by atoms with Crippen LogP contribution in [0.4, 0.5) is 10.3 Å². The molecule has 0 bridgehead atoms. The Morgan fingerprint density at radius 3 is 2.34 bits per heavy atom. The lowest BCUT2D eigenvalue weighted by Crippen LogP contribution is -2.09. The number of benzene rings is 2. The van der Waals surface area contributed by atoms with Gasteiger partial charge in [-0.3, -0.25) is 0 Å². The minimum atomic E-state index is -1.82. The Balaban J connectivity index is 0.000000438. The van der Waals surface area contributed by atoms with Gasteiger partial charge in [0.15, 0.2) is 0 Å². The molecule has 0 aliphatic carbocycles. The molecule has 0 amide bonds. The molecule has 0 atom stereocenters. The zero-order valence-electron chi connectivity index (χ0n) is 15.8. The summed E-state index contributed by atoms with van der Waals surface area (Å²) in [5.74, 6) is -2.33. The number of ether oxygens (including phenoxy) is 1. The maximum absolute atomic E-state index is 13.2. The number of aromatic nitrogens is 2. The minimum absolute atomic E-state index is 0.233. The monoisotopic (exact) mass is 401 g/mol. The highest BCUT2D eigenvalue weighted by atomic mass is 19.1. The lowest BCUT2D eigenvalue weighted by Gasteiger charge is -2.09. The molecule has 0 unspecified atom stereocenters. The third-order valence-electron chi connectivity index (χ3n) is 3.90. The number of carbonyl (C=O) groups is 2. The van der Waals surface area contributed by atoms with Crippen LogP contribution in [0, 0.1) is 5.82 Å².